The average molecular weight is 953 g/mol. The maximum absolute atomic E-state index is 6.46. The van der Waals surface area contributed by atoms with Gasteiger partial charge in [0.25, 0.3) is 0 Å². The first-order valence-electron chi connectivity index (χ1n) is 25.0. The number of anilines is 5. The van der Waals surface area contributed by atoms with Crippen LogP contribution in [0.3, 0.4) is 0 Å². The molecule has 0 radical (unpaired) electrons. The fraction of sp³-hybridized carbons (Fsp3) is 0.0294. The summed E-state index contributed by atoms with van der Waals surface area (Å²) in [5.41, 5.74) is 15.5. The highest BCUT2D eigenvalue weighted by Gasteiger charge is 2.32. The number of hydrogen-bond acceptors (Lipinski definition) is 5. The first-order valence-corrected chi connectivity index (χ1v) is 25.8. The molecule has 0 unspecified atom stereocenters. The molecule has 1 aliphatic carbocycles. The van der Waals surface area contributed by atoms with Crippen molar-refractivity contribution in [3.63, 3.8) is 0 Å². The van der Waals surface area contributed by atoms with Crippen LogP contribution in [-0.4, -0.2) is 6.10 Å². The lowest BCUT2D eigenvalue weighted by molar-refractivity contribution is 0.278. The van der Waals surface area contributed by atoms with Crippen molar-refractivity contribution in [3.05, 3.63) is 260 Å². The highest BCUT2D eigenvalue weighted by molar-refractivity contribution is 7.27. The molecule has 0 saturated carbocycles. The molecular formula is C68H44N2O2S. The van der Waals surface area contributed by atoms with Crippen molar-refractivity contribution in [2.24, 2.45) is 0 Å². The van der Waals surface area contributed by atoms with E-state index in [2.05, 4.69) is 246 Å². The lowest BCUT2D eigenvalue weighted by Crippen LogP contribution is -2.21. The number of hydrogen-bond donors (Lipinski definition) is 0. The highest BCUT2D eigenvalue weighted by Crippen LogP contribution is 2.49. The van der Waals surface area contributed by atoms with Gasteiger partial charge in [-0.3, -0.25) is 0 Å². The van der Waals surface area contributed by atoms with E-state index in [-0.39, 0.29) is 6.10 Å². The van der Waals surface area contributed by atoms with E-state index in [1.54, 1.807) is 0 Å². The van der Waals surface area contributed by atoms with E-state index in [4.69, 9.17) is 9.15 Å². The van der Waals surface area contributed by atoms with Gasteiger partial charge in [0.15, 0.2) is 0 Å². The Morgan fingerprint density at radius 3 is 1.70 bits per heavy atom. The molecule has 1 atom stereocenters. The minimum absolute atomic E-state index is 0.0125. The van der Waals surface area contributed by atoms with Crippen LogP contribution in [-0.2, 0) is 0 Å². The number of ether oxygens (including phenoxy) is 1. The molecule has 0 fully saturated rings. The van der Waals surface area contributed by atoms with Gasteiger partial charge in [-0.1, -0.05) is 164 Å². The Morgan fingerprint density at radius 2 is 0.945 bits per heavy atom. The fourth-order valence-corrected chi connectivity index (χ4v) is 12.8. The van der Waals surface area contributed by atoms with Crippen LogP contribution >= 0.6 is 11.3 Å². The molecule has 344 valence electrons. The zero-order valence-corrected chi connectivity index (χ0v) is 40.4. The maximum atomic E-state index is 6.46. The van der Waals surface area contributed by atoms with Gasteiger partial charge in [-0.15, -0.1) is 11.3 Å². The predicted octanol–water partition coefficient (Wildman–Crippen LogP) is 19.3. The van der Waals surface area contributed by atoms with E-state index in [0.717, 1.165) is 68.2 Å². The van der Waals surface area contributed by atoms with Crippen molar-refractivity contribution in [1.29, 1.82) is 0 Å². The number of para-hydroxylation sites is 2. The molecule has 0 spiro atoms. The zero-order valence-electron chi connectivity index (χ0n) is 39.6. The van der Waals surface area contributed by atoms with E-state index in [1.165, 1.54) is 75.1 Å². The normalized spacial score (nSPS) is 14.1. The van der Waals surface area contributed by atoms with Gasteiger partial charge < -0.3 is 19.0 Å². The molecule has 0 saturated heterocycles. The molecule has 13 aromatic rings. The summed E-state index contributed by atoms with van der Waals surface area (Å²) in [5.74, 6) is 0.957. The van der Waals surface area contributed by atoms with Crippen LogP contribution in [0.4, 0.5) is 28.4 Å². The average Bonchev–Trinajstić information content (AvgIpc) is 4.15. The number of thiophene rings is 1. The molecule has 3 heterocycles. The fourth-order valence-electron chi connectivity index (χ4n) is 11.5. The van der Waals surface area contributed by atoms with Crippen LogP contribution in [0.5, 0.6) is 5.75 Å². The van der Waals surface area contributed by atoms with Crippen molar-refractivity contribution < 1.29 is 9.15 Å². The Bertz CT molecular complexity index is 4380. The molecule has 0 bridgehead atoms. The van der Waals surface area contributed by atoms with Gasteiger partial charge in [-0.2, -0.15) is 0 Å². The van der Waals surface area contributed by atoms with Gasteiger partial charge in [0.05, 0.1) is 0 Å². The Labute approximate surface area is 426 Å². The highest BCUT2D eigenvalue weighted by atomic mass is 32.1. The molecule has 5 heteroatoms. The van der Waals surface area contributed by atoms with Crippen LogP contribution in [0.25, 0.3) is 91.5 Å². The maximum Gasteiger partial charge on any atom is 0.135 e. The third-order valence-electron chi connectivity index (χ3n) is 14.9. The summed E-state index contributed by atoms with van der Waals surface area (Å²) in [6.45, 7) is 0. The molecule has 73 heavy (non-hydrogen) atoms. The Morgan fingerprint density at radius 1 is 0.397 bits per heavy atom. The SMILES string of the molecule is C1=C2c3ccccc3O[C@@H]2CC=C1N(c1ccc(-c2ccccc2)cc1)c1ccc2c(c1)c1ccccc1c1c3ccc(N(c4ccc(-c5ccccc5)cc4)c4ccc5oc6ccccc6c5c4)cc3sc21. The minimum Gasteiger partial charge on any atom is -0.485 e. The number of furan rings is 1. The number of rotatable bonds is 8. The first kappa shape index (κ1) is 41.6. The van der Waals surface area contributed by atoms with Crippen LogP contribution < -0.4 is 14.5 Å². The monoisotopic (exact) mass is 952 g/mol. The van der Waals surface area contributed by atoms with E-state index in [1.807, 2.05) is 23.5 Å². The Hall–Kier alpha value is -9.16. The molecule has 0 amide bonds. The Balaban J connectivity index is 0.888. The molecule has 15 rings (SSSR count). The molecule has 11 aromatic carbocycles. The second-order valence-electron chi connectivity index (χ2n) is 19.1. The second kappa shape index (κ2) is 16.7. The summed E-state index contributed by atoms with van der Waals surface area (Å²) in [6.07, 6.45) is 5.49. The molecule has 4 nitrogen and oxygen atoms in total. The van der Waals surface area contributed by atoms with Crippen LogP contribution in [0.2, 0.25) is 0 Å². The summed E-state index contributed by atoms with van der Waals surface area (Å²) >= 11 is 1.89. The van der Waals surface area contributed by atoms with Gasteiger partial charge in [0.1, 0.15) is 23.0 Å². The van der Waals surface area contributed by atoms with E-state index in [9.17, 15) is 0 Å². The molecule has 1 aliphatic heterocycles. The predicted molar refractivity (Wildman–Crippen MR) is 307 cm³/mol. The van der Waals surface area contributed by atoms with Crippen LogP contribution in [0.1, 0.15) is 12.0 Å². The largest absolute Gasteiger partial charge is 0.485 e. The quantitative estimate of drug-likeness (QED) is 0.142. The summed E-state index contributed by atoms with van der Waals surface area (Å²) in [6, 6.07) is 85.6. The molecule has 2 aliphatic rings. The first-order chi connectivity index (χ1) is 36.2. The van der Waals surface area contributed by atoms with Gasteiger partial charge in [0.2, 0.25) is 0 Å². The minimum atomic E-state index is 0.0125. The van der Waals surface area contributed by atoms with Gasteiger partial charge in [-0.25, -0.2) is 0 Å². The van der Waals surface area contributed by atoms with E-state index >= 15 is 0 Å². The molecular weight excluding hydrogens is 909 g/mol. The van der Waals surface area contributed by atoms with E-state index in [0.29, 0.717) is 0 Å². The Kier molecular flexibility index (Phi) is 9.54. The topological polar surface area (TPSA) is 28.9 Å². The summed E-state index contributed by atoms with van der Waals surface area (Å²) in [7, 11) is 0. The van der Waals surface area contributed by atoms with Crippen LogP contribution in [0.15, 0.2) is 259 Å². The van der Waals surface area contributed by atoms with Crippen molar-refractivity contribution in [1.82, 2.24) is 0 Å². The summed E-state index contributed by atoms with van der Waals surface area (Å²) < 4.78 is 15.3. The lowest BCUT2D eigenvalue weighted by atomic mass is 9.94. The van der Waals surface area contributed by atoms with Gasteiger partial charge in [-0.05, 0) is 123 Å². The molecule has 2 aromatic heterocycles. The smallest absolute Gasteiger partial charge is 0.135 e. The third kappa shape index (κ3) is 6.88. The number of fused-ring (bicyclic) bond motifs is 14. The standard InChI is InChI=1S/C68H44N2O2S/c1-3-13-43(14-4-1)45-23-27-47(28-24-45)69(50-33-37-64-60(40-50)54-18-9-11-21-62(54)71-64)49-31-35-57-59(39-49)53-17-7-8-20-56(53)67-58-36-32-52(42-66(58)73-68(57)67)70(48-29-25-46(26-30-48)44-15-5-2-6-16-44)51-34-38-65-61(41-51)55-19-10-12-22-63(55)72-65/h1-36,38-42,64H,37H2/t64-/m1/s1. The summed E-state index contributed by atoms with van der Waals surface area (Å²) in [5, 5.41) is 9.74. The second-order valence-corrected chi connectivity index (χ2v) is 20.2. The summed E-state index contributed by atoms with van der Waals surface area (Å²) in [4.78, 5) is 4.82. The lowest BCUT2D eigenvalue weighted by Gasteiger charge is -2.30. The number of nitrogens with zero attached hydrogens (tertiary/aromatic N) is 2. The van der Waals surface area contributed by atoms with Crippen molar-refractivity contribution in [2.75, 3.05) is 9.80 Å². The zero-order chi connectivity index (χ0) is 48.0. The van der Waals surface area contributed by atoms with Crippen molar-refractivity contribution in [2.45, 2.75) is 12.5 Å². The number of benzene rings is 11. The van der Waals surface area contributed by atoms with Crippen molar-refractivity contribution in [3.8, 4) is 28.0 Å². The van der Waals surface area contributed by atoms with Crippen molar-refractivity contribution >= 4 is 109 Å². The molecule has 0 N–H and O–H groups in total. The van der Waals surface area contributed by atoms with E-state index < -0.39 is 0 Å². The third-order valence-corrected chi connectivity index (χ3v) is 16.1. The van der Waals surface area contributed by atoms with Crippen LogP contribution in [0, 0.1) is 0 Å². The number of allylic oxidation sites excluding steroid dienone is 1. The van der Waals surface area contributed by atoms with Gasteiger partial charge >= 0.3 is 0 Å². The van der Waals surface area contributed by atoms with Gasteiger partial charge in [0, 0.05) is 88.0 Å².